The van der Waals surface area contributed by atoms with E-state index in [1.54, 1.807) is 6.92 Å². The van der Waals surface area contributed by atoms with E-state index in [0.717, 1.165) is 0 Å². The lowest BCUT2D eigenvalue weighted by molar-refractivity contribution is -0.157. The summed E-state index contributed by atoms with van der Waals surface area (Å²) in [6, 6.07) is 0. The quantitative estimate of drug-likeness (QED) is 0.480. The lowest BCUT2D eigenvalue weighted by atomic mass is 9.72. The first-order chi connectivity index (χ1) is 8.12. The Kier molecular flexibility index (Phi) is 6.12. The molecule has 6 nitrogen and oxygen atoms in total. The van der Waals surface area contributed by atoms with Crippen molar-refractivity contribution in [2.75, 3.05) is 13.2 Å². The van der Waals surface area contributed by atoms with Crippen LogP contribution in [0.4, 0.5) is 0 Å². The van der Waals surface area contributed by atoms with Gasteiger partial charge in [-0.25, -0.2) is 0 Å². The van der Waals surface area contributed by atoms with Gasteiger partial charge < -0.3 is 15.9 Å². The second kappa shape index (κ2) is 6.40. The molecule has 18 heavy (non-hydrogen) atoms. The number of aliphatic hydroxyl groups is 2. The zero-order chi connectivity index (χ0) is 14.6. The van der Waals surface area contributed by atoms with Gasteiger partial charge in [0.1, 0.15) is 0 Å². The number of rotatable bonds is 7. The molecule has 0 aromatic rings. The van der Waals surface area contributed by atoms with Crippen molar-refractivity contribution < 1.29 is 19.8 Å². The molecule has 106 valence electrons. The fourth-order valence-corrected chi connectivity index (χ4v) is 1.62. The first-order valence-electron chi connectivity index (χ1n) is 5.74. The van der Waals surface area contributed by atoms with Crippen molar-refractivity contribution in [3.8, 4) is 0 Å². The van der Waals surface area contributed by atoms with Crippen LogP contribution in [0.3, 0.4) is 0 Å². The highest BCUT2D eigenvalue weighted by Gasteiger charge is 2.48. The maximum absolute atomic E-state index is 11.6. The van der Waals surface area contributed by atoms with Gasteiger partial charge in [-0.2, -0.15) is 0 Å². The van der Waals surface area contributed by atoms with Crippen molar-refractivity contribution in [2.45, 2.75) is 39.2 Å². The third-order valence-electron chi connectivity index (χ3n) is 3.21. The zero-order valence-electron chi connectivity index (χ0n) is 11.0. The van der Waals surface area contributed by atoms with E-state index in [2.05, 4.69) is 12.8 Å². The Bertz CT molecular complexity index is 322. The van der Waals surface area contributed by atoms with Crippen molar-refractivity contribution in [1.82, 2.24) is 4.31 Å². The average molecular weight is 278 g/mol. The van der Waals surface area contributed by atoms with Crippen LogP contribution in [0, 0.1) is 5.41 Å². The highest BCUT2D eigenvalue weighted by Crippen LogP contribution is 2.34. The molecule has 0 radical (unpaired) electrons. The Morgan fingerprint density at radius 1 is 1.39 bits per heavy atom. The maximum atomic E-state index is 11.6. The number of carbonyl (C=O) groups is 2. The van der Waals surface area contributed by atoms with Crippen LogP contribution in [0.2, 0.25) is 0 Å². The van der Waals surface area contributed by atoms with Crippen molar-refractivity contribution in [1.29, 1.82) is 0 Å². The Morgan fingerprint density at radius 2 is 1.89 bits per heavy atom. The number of hydrogen-bond donors (Lipinski definition) is 4. The highest BCUT2D eigenvalue weighted by molar-refractivity contribution is 7.78. The molecule has 0 fully saturated rings. The molecule has 0 aromatic heterocycles. The summed E-state index contributed by atoms with van der Waals surface area (Å²) in [5.74, 6) is -1.26. The molecule has 4 N–H and O–H groups in total. The molecule has 0 aliphatic rings. The number of amides is 2. The van der Waals surface area contributed by atoms with Crippen LogP contribution < -0.4 is 5.73 Å². The van der Waals surface area contributed by atoms with Crippen LogP contribution in [0.1, 0.15) is 33.6 Å². The lowest BCUT2D eigenvalue weighted by Gasteiger charge is -2.39. The van der Waals surface area contributed by atoms with Crippen molar-refractivity contribution >= 4 is 24.6 Å². The normalized spacial score (nSPS) is 15.0. The molecule has 0 aliphatic heterocycles. The molecule has 0 heterocycles. The number of aliphatic hydroxyl groups excluding tert-OH is 1. The fourth-order valence-electron chi connectivity index (χ4n) is 1.52. The van der Waals surface area contributed by atoms with Gasteiger partial charge in [0, 0.05) is 18.4 Å². The van der Waals surface area contributed by atoms with Crippen molar-refractivity contribution in [2.24, 2.45) is 11.1 Å². The first-order valence-corrected chi connectivity index (χ1v) is 6.14. The van der Waals surface area contributed by atoms with Gasteiger partial charge in [0.25, 0.3) is 0 Å². The van der Waals surface area contributed by atoms with Gasteiger partial charge in [-0.05, 0) is 13.3 Å². The lowest BCUT2D eigenvalue weighted by Crippen LogP contribution is -2.56. The minimum Gasteiger partial charge on any atom is -0.396 e. The zero-order valence-corrected chi connectivity index (χ0v) is 11.9. The second-order valence-corrected chi connectivity index (χ2v) is 5.36. The Balaban J connectivity index is 4.86. The number of carbonyl (C=O) groups excluding carboxylic acids is 2. The SMILES string of the molecule is CCN(S)C(=O)CCC(O)(C(N)=O)C(C)(C)CO. The maximum Gasteiger partial charge on any atom is 0.250 e. The predicted octanol–water partition coefficient (Wildman–Crippen LogP) is -0.305. The molecular weight excluding hydrogens is 256 g/mol. The molecule has 0 saturated carbocycles. The summed E-state index contributed by atoms with van der Waals surface area (Å²) >= 11 is 3.94. The minimum absolute atomic E-state index is 0.0692. The summed E-state index contributed by atoms with van der Waals surface area (Å²) in [7, 11) is 0. The number of primary amides is 1. The Labute approximate surface area is 113 Å². The van der Waals surface area contributed by atoms with Crippen LogP contribution in [-0.4, -0.2) is 45.1 Å². The summed E-state index contributed by atoms with van der Waals surface area (Å²) in [6.07, 6.45) is -0.216. The van der Waals surface area contributed by atoms with Crippen LogP contribution in [0.15, 0.2) is 0 Å². The van der Waals surface area contributed by atoms with Gasteiger partial charge in [-0.1, -0.05) is 26.7 Å². The number of hydrogen-bond acceptors (Lipinski definition) is 5. The summed E-state index contributed by atoms with van der Waals surface area (Å²) in [5, 5.41) is 19.5. The molecule has 0 bridgehead atoms. The van der Waals surface area contributed by atoms with E-state index in [-0.39, 0.29) is 18.7 Å². The number of nitrogens with two attached hydrogens (primary N) is 1. The summed E-state index contributed by atoms with van der Waals surface area (Å²) in [5.41, 5.74) is 2.13. The van der Waals surface area contributed by atoms with Gasteiger partial charge in [0.15, 0.2) is 5.60 Å². The summed E-state index contributed by atoms with van der Waals surface area (Å²) in [4.78, 5) is 23.0. The number of thiol groups is 1. The highest BCUT2D eigenvalue weighted by atomic mass is 32.1. The van der Waals surface area contributed by atoms with Crippen molar-refractivity contribution in [3.05, 3.63) is 0 Å². The van der Waals surface area contributed by atoms with Gasteiger partial charge >= 0.3 is 0 Å². The molecule has 1 atom stereocenters. The van der Waals surface area contributed by atoms with Crippen LogP contribution >= 0.6 is 12.8 Å². The second-order valence-electron chi connectivity index (χ2n) is 4.88. The minimum atomic E-state index is -1.93. The Morgan fingerprint density at radius 3 is 2.22 bits per heavy atom. The summed E-state index contributed by atoms with van der Waals surface area (Å²) < 4.78 is 1.19. The van der Waals surface area contributed by atoms with E-state index in [1.807, 2.05) is 0 Å². The standard InChI is InChI=1S/C11H22N2O4S/c1-4-13(18)8(15)5-6-11(17,9(12)16)10(2,3)7-14/h14,17-18H,4-7H2,1-3H3,(H2,12,16). The van der Waals surface area contributed by atoms with E-state index in [9.17, 15) is 19.8 Å². The van der Waals surface area contributed by atoms with E-state index in [0.29, 0.717) is 6.54 Å². The molecule has 2 amide bonds. The predicted molar refractivity (Wildman–Crippen MR) is 70.6 cm³/mol. The molecule has 7 heteroatoms. The monoisotopic (exact) mass is 278 g/mol. The van der Waals surface area contributed by atoms with E-state index in [1.165, 1.54) is 18.2 Å². The van der Waals surface area contributed by atoms with Crippen molar-refractivity contribution in [3.63, 3.8) is 0 Å². The van der Waals surface area contributed by atoms with Gasteiger partial charge in [0.2, 0.25) is 11.8 Å². The van der Waals surface area contributed by atoms with Crippen LogP contribution in [0.25, 0.3) is 0 Å². The number of nitrogens with zero attached hydrogens (tertiary/aromatic N) is 1. The fraction of sp³-hybridized carbons (Fsp3) is 0.818. The molecule has 0 aliphatic carbocycles. The van der Waals surface area contributed by atoms with Gasteiger partial charge in [-0.15, -0.1) is 0 Å². The molecule has 0 spiro atoms. The average Bonchev–Trinajstić information content (AvgIpc) is 2.33. The van der Waals surface area contributed by atoms with Gasteiger partial charge in [0.05, 0.1) is 6.61 Å². The summed E-state index contributed by atoms with van der Waals surface area (Å²) in [6.45, 7) is 4.78. The molecule has 0 rings (SSSR count). The largest absolute Gasteiger partial charge is 0.396 e. The topological polar surface area (TPSA) is 104 Å². The smallest absolute Gasteiger partial charge is 0.250 e. The first kappa shape index (κ1) is 17.2. The third kappa shape index (κ3) is 3.60. The van der Waals surface area contributed by atoms with Gasteiger partial charge in [-0.3, -0.25) is 13.9 Å². The van der Waals surface area contributed by atoms with E-state index >= 15 is 0 Å². The molecule has 0 aromatic carbocycles. The van der Waals surface area contributed by atoms with E-state index < -0.39 is 23.5 Å². The van der Waals surface area contributed by atoms with Crippen LogP contribution in [-0.2, 0) is 9.59 Å². The Hall–Kier alpha value is -0.790. The molecule has 0 saturated heterocycles. The third-order valence-corrected chi connectivity index (χ3v) is 3.72. The van der Waals surface area contributed by atoms with Crippen LogP contribution in [0.5, 0.6) is 0 Å². The molecule has 1 unspecified atom stereocenters. The molecular formula is C11H22N2O4S. The van der Waals surface area contributed by atoms with E-state index in [4.69, 9.17) is 5.73 Å².